The second kappa shape index (κ2) is 13.2. The molecule has 3 aromatic carbocycles. The van der Waals surface area contributed by atoms with Crippen LogP contribution in [0.15, 0.2) is 86.5 Å². The molecule has 39 heavy (non-hydrogen) atoms. The minimum atomic E-state index is -0.512. The Labute approximate surface area is 234 Å². The summed E-state index contributed by atoms with van der Waals surface area (Å²) in [6, 6.07) is 22.8. The van der Waals surface area contributed by atoms with Crippen molar-refractivity contribution < 1.29 is 23.5 Å². The number of benzene rings is 3. The fraction of sp³-hybridized carbons (Fsp3) is 0.267. The lowest BCUT2D eigenvalue weighted by Crippen LogP contribution is -2.01. The summed E-state index contributed by atoms with van der Waals surface area (Å²) < 4.78 is 15.0. The van der Waals surface area contributed by atoms with Gasteiger partial charge in [-0.15, -0.1) is 5.10 Å². The van der Waals surface area contributed by atoms with Crippen LogP contribution in [0, 0.1) is 0 Å². The highest BCUT2D eigenvalue weighted by Crippen LogP contribution is 2.41. The minimum Gasteiger partial charge on any atom is -0.465 e. The van der Waals surface area contributed by atoms with Crippen LogP contribution in [0.3, 0.4) is 0 Å². The van der Waals surface area contributed by atoms with Gasteiger partial charge in [-0.1, -0.05) is 46.3 Å². The maximum Gasteiger partial charge on any atom is 0.434 e. The van der Waals surface area contributed by atoms with Crippen molar-refractivity contribution in [1.82, 2.24) is 10.2 Å². The van der Waals surface area contributed by atoms with Crippen LogP contribution in [0.1, 0.15) is 69.4 Å². The first-order valence-electron chi connectivity index (χ1n) is 12.6. The van der Waals surface area contributed by atoms with E-state index < -0.39 is 5.76 Å². The van der Waals surface area contributed by atoms with Gasteiger partial charge in [0.1, 0.15) is 0 Å². The molecule has 6 rings (SSSR count). The molecule has 0 unspecified atom stereocenters. The monoisotopic (exact) mass is 592 g/mol. The molecule has 2 fully saturated rings. The summed E-state index contributed by atoms with van der Waals surface area (Å²) in [7, 11) is 2.77. The fourth-order valence-electron chi connectivity index (χ4n) is 3.88. The largest absolute Gasteiger partial charge is 0.465 e. The summed E-state index contributed by atoms with van der Waals surface area (Å²) in [6.45, 7) is 0. The molecular weight excluding hydrogens is 564 g/mol. The molecule has 2 aliphatic rings. The first-order valence-corrected chi connectivity index (χ1v) is 13.3. The van der Waals surface area contributed by atoms with Gasteiger partial charge in [0.05, 0.1) is 25.3 Å². The second-order valence-electron chi connectivity index (χ2n) is 9.21. The number of methoxy groups -OCH3 is 2. The van der Waals surface area contributed by atoms with Crippen LogP contribution in [0.4, 0.5) is 0 Å². The van der Waals surface area contributed by atoms with Crippen LogP contribution >= 0.6 is 15.9 Å². The quantitative estimate of drug-likeness (QED) is 0.263. The highest BCUT2D eigenvalue weighted by molar-refractivity contribution is 9.10. The van der Waals surface area contributed by atoms with Crippen molar-refractivity contribution in [2.24, 2.45) is 0 Å². The van der Waals surface area contributed by atoms with Crippen LogP contribution in [-0.4, -0.2) is 36.4 Å². The maximum atomic E-state index is 11.2. The number of nitrogens with one attached hydrogen (secondary N) is 1. The van der Waals surface area contributed by atoms with Crippen LogP contribution in [-0.2, 0) is 9.47 Å². The number of aromatic amines is 1. The molecule has 0 amide bonds. The number of rotatable bonds is 5. The highest BCUT2D eigenvalue weighted by atomic mass is 79.9. The molecule has 2 saturated carbocycles. The van der Waals surface area contributed by atoms with E-state index in [9.17, 15) is 14.4 Å². The molecule has 0 radical (unpaired) electrons. The first-order chi connectivity index (χ1) is 18.9. The van der Waals surface area contributed by atoms with Crippen LogP contribution in [0.5, 0.6) is 0 Å². The van der Waals surface area contributed by atoms with Crippen LogP contribution in [0.2, 0.25) is 0 Å². The zero-order valence-corrected chi connectivity index (χ0v) is 23.3. The summed E-state index contributed by atoms with van der Waals surface area (Å²) in [5.41, 5.74) is 4.65. The van der Waals surface area contributed by atoms with Crippen LogP contribution in [0.25, 0.3) is 11.5 Å². The molecule has 0 aliphatic heterocycles. The number of nitrogens with zero attached hydrogens (tertiary/aromatic N) is 1. The molecule has 1 aromatic heterocycles. The van der Waals surface area contributed by atoms with Crippen molar-refractivity contribution in [1.29, 1.82) is 0 Å². The lowest BCUT2D eigenvalue weighted by Gasteiger charge is -2.01. The zero-order valence-electron chi connectivity index (χ0n) is 21.7. The summed E-state index contributed by atoms with van der Waals surface area (Å²) in [4.78, 5) is 32.9. The average molecular weight is 593 g/mol. The molecule has 2 aliphatic carbocycles. The van der Waals surface area contributed by atoms with Crippen molar-refractivity contribution >= 4 is 27.9 Å². The lowest BCUT2D eigenvalue weighted by molar-refractivity contribution is 0.0591. The Kier molecular flexibility index (Phi) is 9.49. The van der Waals surface area contributed by atoms with Gasteiger partial charge in [-0.05, 0) is 91.1 Å². The number of carbonyl (C=O) groups is 2. The Morgan fingerprint density at radius 2 is 1.36 bits per heavy atom. The third-order valence-electron chi connectivity index (χ3n) is 6.22. The second-order valence-corrected chi connectivity index (χ2v) is 10.1. The van der Waals surface area contributed by atoms with Gasteiger partial charge >= 0.3 is 17.7 Å². The van der Waals surface area contributed by atoms with Crippen LogP contribution < -0.4 is 5.76 Å². The predicted molar refractivity (Wildman–Crippen MR) is 150 cm³/mol. The van der Waals surface area contributed by atoms with Gasteiger partial charge in [0, 0.05) is 10.0 Å². The number of esters is 2. The summed E-state index contributed by atoms with van der Waals surface area (Å²) >= 11 is 3.25. The van der Waals surface area contributed by atoms with E-state index in [4.69, 9.17) is 4.42 Å². The molecule has 0 bridgehead atoms. The number of H-pyrrole nitrogens is 1. The van der Waals surface area contributed by atoms with E-state index in [1.807, 2.05) is 36.4 Å². The van der Waals surface area contributed by atoms with Gasteiger partial charge in [-0.25, -0.2) is 19.5 Å². The van der Waals surface area contributed by atoms with E-state index in [1.165, 1.54) is 51.0 Å². The molecule has 1 heterocycles. The van der Waals surface area contributed by atoms with Gasteiger partial charge in [0.15, 0.2) is 0 Å². The van der Waals surface area contributed by atoms with Gasteiger partial charge in [-0.3, -0.25) is 0 Å². The number of ether oxygens (including phenoxy) is 2. The Morgan fingerprint density at radius 3 is 1.87 bits per heavy atom. The minimum absolute atomic E-state index is 0.248. The highest BCUT2D eigenvalue weighted by Gasteiger charge is 2.24. The standard InChI is InChI=1S/C11H10N2O2.C11H12O2.C8H7BrO2/c14-11-13-12-10(15-11)9-3-1-2-8(6-9)7-4-5-7;1-13-11(12)10-4-2-3-9(7-10)8-5-6-8;1-11-8(10)6-3-2-4-7(9)5-6/h1-3,6-7H,4-5H2,(H,13,14);2-4,7-8H,5-6H2,1H3;2-5H,1H3. The number of aromatic nitrogens is 2. The number of hydrogen-bond acceptors (Lipinski definition) is 7. The van der Waals surface area contributed by atoms with Gasteiger partial charge < -0.3 is 13.9 Å². The maximum absolute atomic E-state index is 11.2. The zero-order chi connectivity index (χ0) is 27.8. The average Bonchev–Trinajstić information content (AvgIpc) is 3.91. The molecule has 0 spiro atoms. The Bertz CT molecular complexity index is 1490. The fourth-order valence-corrected chi connectivity index (χ4v) is 4.28. The van der Waals surface area contributed by atoms with Crippen molar-refractivity contribution in [2.45, 2.75) is 37.5 Å². The van der Waals surface area contributed by atoms with Gasteiger partial charge in [0.25, 0.3) is 0 Å². The van der Waals surface area contributed by atoms with Crippen molar-refractivity contribution in [2.75, 3.05) is 14.2 Å². The Hall–Kier alpha value is -3.98. The SMILES string of the molecule is COC(=O)c1cccc(Br)c1.COC(=O)c1cccc(C2CC2)c1.O=c1[nH]nc(-c2cccc(C3CC3)c2)o1. The van der Waals surface area contributed by atoms with E-state index in [0.29, 0.717) is 28.9 Å². The molecule has 0 atom stereocenters. The molecule has 0 saturated heterocycles. The smallest absolute Gasteiger partial charge is 0.434 e. The Balaban J connectivity index is 0.000000138. The number of halogens is 1. The van der Waals surface area contributed by atoms with Crippen molar-refractivity contribution in [3.63, 3.8) is 0 Å². The first kappa shape index (κ1) is 28.0. The van der Waals surface area contributed by atoms with E-state index >= 15 is 0 Å². The normalized spacial score (nSPS) is 13.7. The molecule has 9 heteroatoms. The van der Waals surface area contributed by atoms with E-state index in [2.05, 4.69) is 47.7 Å². The predicted octanol–water partition coefficient (Wildman–Crippen LogP) is 6.49. The molecule has 202 valence electrons. The third-order valence-corrected chi connectivity index (χ3v) is 6.72. The summed E-state index contributed by atoms with van der Waals surface area (Å²) in [6.07, 6.45) is 5.02. The van der Waals surface area contributed by atoms with Crippen molar-refractivity contribution in [3.05, 3.63) is 110 Å². The van der Waals surface area contributed by atoms with E-state index in [1.54, 1.807) is 24.3 Å². The molecule has 4 aromatic rings. The van der Waals surface area contributed by atoms with Crippen molar-refractivity contribution in [3.8, 4) is 11.5 Å². The third kappa shape index (κ3) is 8.25. The number of carbonyl (C=O) groups excluding carboxylic acids is 2. The molecule has 1 N–H and O–H groups in total. The molecule has 8 nitrogen and oxygen atoms in total. The number of hydrogen-bond donors (Lipinski definition) is 1. The topological polar surface area (TPSA) is 111 Å². The lowest BCUT2D eigenvalue weighted by atomic mass is 10.1. The van der Waals surface area contributed by atoms with Gasteiger partial charge in [-0.2, -0.15) is 0 Å². The van der Waals surface area contributed by atoms with Gasteiger partial charge in [0.2, 0.25) is 5.89 Å². The summed E-state index contributed by atoms with van der Waals surface area (Å²) in [5, 5.41) is 6.06. The van der Waals surface area contributed by atoms with E-state index in [0.717, 1.165) is 10.0 Å². The molecular formula is C30H29BrN2O6. The summed E-state index contributed by atoms with van der Waals surface area (Å²) in [5.74, 6) is 0.665. The Morgan fingerprint density at radius 1 is 0.821 bits per heavy atom. The van der Waals surface area contributed by atoms with E-state index in [-0.39, 0.29) is 11.9 Å².